The highest BCUT2D eigenvalue weighted by atomic mass is 16.5. The summed E-state index contributed by atoms with van der Waals surface area (Å²) in [5, 5.41) is 4.21. The molecule has 20 heavy (non-hydrogen) atoms. The third kappa shape index (κ3) is 2.36. The Morgan fingerprint density at radius 3 is 3.05 bits per heavy atom. The van der Waals surface area contributed by atoms with Gasteiger partial charge in [-0.15, -0.1) is 0 Å². The summed E-state index contributed by atoms with van der Waals surface area (Å²) in [6, 6.07) is 8.54. The Balaban J connectivity index is 1.84. The molecule has 0 saturated heterocycles. The maximum absolute atomic E-state index is 5.80. The topological polar surface area (TPSA) is 64.9 Å². The largest absolute Gasteiger partial charge is 0.339 e. The lowest BCUT2D eigenvalue weighted by Gasteiger charge is -2.08. The molecule has 1 aromatic heterocycles. The number of fused-ring (bicyclic) bond motifs is 1. The van der Waals surface area contributed by atoms with Gasteiger partial charge in [-0.2, -0.15) is 4.98 Å². The zero-order valence-corrected chi connectivity index (χ0v) is 11.9. The monoisotopic (exact) mass is 271 g/mol. The predicted octanol–water partition coefficient (Wildman–Crippen LogP) is 2.99. The second-order valence-corrected chi connectivity index (χ2v) is 5.50. The van der Waals surface area contributed by atoms with Gasteiger partial charge in [-0.05, 0) is 30.4 Å². The minimum atomic E-state index is 0.192. The van der Waals surface area contributed by atoms with E-state index in [4.69, 9.17) is 10.3 Å². The average molecular weight is 271 g/mol. The summed E-state index contributed by atoms with van der Waals surface area (Å²) in [7, 11) is 0. The molecule has 0 amide bonds. The number of aromatic nitrogens is 2. The number of aryl methyl sites for hydroxylation is 1. The Kier molecular flexibility index (Phi) is 3.83. The van der Waals surface area contributed by atoms with Crippen molar-refractivity contribution in [2.75, 3.05) is 6.54 Å². The van der Waals surface area contributed by atoms with Crippen molar-refractivity contribution in [1.29, 1.82) is 0 Å². The van der Waals surface area contributed by atoms with E-state index in [-0.39, 0.29) is 11.8 Å². The molecule has 106 valence electrons. The smallest absolute Gasteiger partial charge is 0.231 e. The van der Waals surface area contributed by atoms with Crippen LogP contribution < -0.4 is 5.73 Å². The summed E-state index contributed by atoms with van der Waals surface area (Å²) in [4.78, 5) is 4.62. The normalized spacial score (nSPS) is 19.0. The Bertz CT molecular complexity index is 579. The van der Waals surface area contributed by atoms with Crippen molar-refractivity contribution in [3.05, 3.63) is 47.1 Å². The first-order valence-corrected chi connectivity index (χ1v) is 7.44. The standard InChI is InChI=1S/C16H21N3O/c1-2-5-12(10-17)16-18-15(19-20-16)14-9-8-11-6-3-4-7-13(11)14/h3-4,6-7,12,14H,2,5,8-10,17H2,1H3. The van der Waals surface area contributed by atoms with E-state index in [1.165, 1.54) is 11.1 Å². The van der Waals surface area contributed by atoms with E-state index >= 15 is 0 Å². The van der Waals surface area contributed by atoms with Crippen LogP contribution in [0.4, 0.5) is 0 Å². The average Bonchev–Trinajstić information content (AvgIpc) is 3.11. The van der Waals surface area contributed by atoms with E-state index in [1.54, 1.807) is 0 Å². The zero-order chi connectivity index (χ0) is 13.9. The SMILES string of the molecule is CCCC(CN)c1nc(C2CCc3ccccc32)no1. The van der Waals surface area contributed by atoms with Crippen molar-refractivity contribution in [3.8, 4) is 0 Å². The van der Waals surface area contributed by atoms with Crippen molar-refractivity contribution in [1.82, 2.24) is 10.1 Å². The molecule has 4 nitrogen and oxygen atoms in total. The molecule has 1 aliphatic carbocycles. The fourth-order valence-corrected chi connectivity index (χ4v) is 3.07. The molecule has 2 N–H and O–H groups in total. The molecule has 2 unspecified atom stereocenters. The van der Waals surface area contributed by atoms with Crippen LogP contribution in [0.15, 0.2) is 28.8 Å². The van der Waals surface area contributed by atoms with Crippen molar-refractivity contribution in [2.45, 2.75) is 44.4 Å². The van der Waals surface area contributed by atoms with Crippen LogP contribution >= 0.6 is 0 Å². The molecule has 0 aliphatic heterocycles. The molecule has 0 spiro atoms. The molecule has 2 aromatic rings. The number of nitrogens with two attached hydrogens (primary N) is 1. The van der Waals surface area contributed by atoms with Crippen LogP contribution in [0, 0.1) is 0 Å². The molecule has 0 bridgehead atoms. The van der Waals surface area contributed by atoms with Gasteiger partial charge in [0.2, 0.25) is 5.89 Å². The van der Waals surface area contributed by atoms with E-state index in [1.807, 2.05) is 0 Å². The molecule has 0 saturated carbocycles. The maximum Gasteiger partial charge on any atom is 0.231 e. The van der Waals surface area contributed by atoms with Gasteiger partial charge < -0.3 is 10.3 Å². The van der Waals surface area contributed by atoms with Crippen LogP contribution in [0.5, 0.6) is 0 Å². The van der Waals surface area contributed by atoms with Gasteiger partial charge in [-0.3, -0.25) is 0 Å². The van der Waals surface area contributed by atoms with E-state index in [9.17, 15) is 0 Å². The highest BCUT2D eigenvalue weighted by Crippen LogP contribution is 2.37. The summed E-state index contributed by atoms with van der Waals surface area (Å²) in [5.41, 5.74) is 8.56. The third-order valence-electron chi connectivity index (χ3n) is 4.17. The number of hydrogen-bond acceptors (Lipinski definition) is 4. The van der Waals surface area contributed by atoms with Gasteiger partial charge in [-0.25, -0.2) is 0 Å². The lowest BCUT2D eigenvalue weighted by molar-refractivity contribution is 0.342. The quantitative estimate of drug-likeness (QED) is 0.908. The molecule has 1 aliphatic rings. The second-order valence-electron chi connectivity index (χ2n) is 5.50. The van der Waals surface area contributed by atoms with E-state index in [2.05, 4.69) is 41.3 Å². The molecular formula is C16H21N3O. The first kappa shape index (κ1) is 13.3. The number of rotatable bonds is 5. The minimum Gasteiger partial charge on any atom is -0.339 e. The molecule has 0 fully saturated rings. The van der Waals surface area contributed by atoms with Gasteiger partial charge >= 0.3 is 0 Å². The van der Waals surface area contributed by atoms with Crippen LogP contribution in [0.2, 0.25) is 0 Å². The molecule has 1 aromatic carbocycles. The van der Waals surface area contributed by atoms with Crippen LogP contribution in [0.25, 0.3) is 0 Å². The summed E-state index contributed by atoms with van der Waals surface area (Å²) in [6.07, 6.45) is 4.24. The van der Waals surface area contributed by atoms with Gasteiger partial charge in [0.15, 0.2) is 5.82 Å². The van der Waals surface area contributed by atoms with Crippen molar-refractivity contribution < 1.29 is 4.52 Å². The van der Waals surface area contributed by atoms with Crippen molar-refractivity contribution in [2.24, 2.45) is 5.73 Å². The Labute approximate surface area is 119 Å². The predicted molar refractivity (Wildman–Crippen MR) is 77.6 cm³/mol. The van der Waals surface area contributed by atoms with Gasteiger partial charge in [0.1, 0.15) is 0 Å². The van der Waals surface area contributed by atoms with Gasteiger partial charge in [0, 0.05) is 12.5 Å². The van der Waals surface area contributed by atoms with Crippen LogP contribution in [-0.2, 0) is 6.42 Å². The first-order chi connectivity index (χ1) is 9.83. The minimum absolute atomic E-state index is 0.192. The lowest BCUT2D eigenvalue weighted by atomic mass is 10.0. The van der Waals surface area contributed by atoms with Crippen molar-refractivity contribution >= 4 is 0 Å². The summed E-state index contributed by atoms with van der Waals surface area (Å²) >= 11 is 0. The van der Waals surface area contributed by atoms with Gasteiger partial charge in [0.25, 0.3) is 0 Å². The molecule has 4 heteroatoms. The van der Waals surface area contributed by atoms with E-state index in [0.717, 1.165) is 31.5 Å². The summed E-state index contributed by atoms with van der Waals surface area (Å²) in [5.74, 6) is 2.00. The third-order valence-corrected chi connectivity index (χ3v) is 4.17. The summed E-state index contributed by atoms with van der Waals surface area (Å²) in [6.45, 7) is 2.71. The van der Waals surface area contributed by atoms with Gasteiger partial charge in [-0.1, -0.05) is 42.8 Å². The van der Waals surface area contributed by atoms with E-state index in [0.29, 0.717) is 12.4 Å². The highest BCUT2D eigenvalue weighted by Gasteiger charge is 2.28. The second kappa shape index (κ2) is 5.75. The maximum atomic E-state index is 5.80. The molecule has 3 rings (SSSR count). The van der Waals surface area contributed by atoms with E-state index < -0.39 is 0 Å². The van der Waals surface area contributed by atoms with Crippen LogP contribution in [0.1, 0.15) is 60.9 Å². The van der Waals surface area contributed by atoms with Crippen molar-refractivity contribution in [3.63, 3.8) is 0 Å². The Morgan fingerprint density at radius 2 is 2.25 bits per heavy atom. The molecule has 0 radical (unpaired) electrons. The van der Waals surface area contributed by atoms with Gasteiger partial charge in [0.05, 0.1) is 5.92 Å². The first-order valence-electron chi connectivity index (χ1n) is 7.44. The lowest BCUT2D eigenvalue weighted by Crippen LogP contribution is -2.12. The summed E-state index contributed by atoms with van der Waals surface area (Å²) < 4.78 is 5.46. The molecule has 2 atom stereocenters. The fraction of sp³-hybridized carbons (Fsp3) is 0.500. The Morgan fingerprint density at radius 1 is 1.40 bits per heavy atom. The fourth-order valence-electron chi connectivity index (χ4n) is 3.07. The number of nitrogens with zero attached hydrogens (tertiary/aromatic N) is 2. The molecule has 1 heterocycles. The Hall–Kier alpha value is -1.68. The number of benzene rings is 1. The number of hydrogen-bond donors (Lipinski definition) is 1. The molecular weight excluding hydrogens is 250 g/mol. The highest BCUT2D eigenvalue weighted by molar-refractivity contribution is 5.38. The zero-order valence-electron chi connectivity index (χ0n) is 11.9. The van der Waals surface area contributed by atoms with Crippen LogP contribution in [0.3, 0.4) is 0 Å². The van der Waals surface area contributed by atoms with Crippen LogP contribution in [-0.4, -0.2) is 16.7 Å².